The zero-order valence-electron chi connectivity index (χ0n) is 11.0. The first-order valence-electron chi connectivity index (χ1n) is 5.31. The minimum atomic E-state index is -3.75. The smallest absolute Gasteiger partial charge is 0.236 e. The lowest BCUT2D eigenvalue weighted by Gasteiger charge is -2.19. The lowest BCUT2D eigenvalue weighted by molar-refractivity contribution is -0.121. The first kappa shape index (κ1) is 15.9. The van der Waals surface area contributed by atoms with Crippen LogP contribution in [-0.2, 0) is 14.8 Å². The maximum absolute atomic E-state index is 11.6. The van der Waals surface area contributed by atoms with Crippen molar-refractivity contribution in [2.75, 3.05) is 5.75 Å². The molecule has 0 atom stereocenters. The van der Waals surface area contributed by atoms with Gasteiger partial charge in [-0.1, -0.05) is 20.8 Å². The van der Waals surface area contributed by atoms with Crippen molar-refractivity contribution in [1.29, 1.82) is 5.26 Å². The Kier molecular flexibility index (Phi) is 4.72. The summed E-state index contributed by atoms with van der Waals surface area (Å²) in [5, 5.41) is 8.75. The molecule has 0 spiro atoms. The van der Waals surface area contributed by atoms with Crippen LogP contribution >= 0.6 is 0 Å². The third-order valence-electron chi connectivity index (χ3n) is 1.81. The number of amides is 1. The molecule has 0 heterocycles. The highest BCUT2D eigenvalue weighted by Gasteiger charge is 2.28. The molecular weight excluding hydrogens is 240 g/mol. The van der Waals surface area contributed by atoms with Crippen LogP contribution in [0.1, 0.15) is 41.0 Å². The predicted octanol–water partition coefficient (Wildman–Crippen LogP) is 1.42. The number of sulfonamides is 1. The second-order valence-electron chi connectivity index (χ2n) is 6.02. The molecular formula is C11H20N2O3S. The summed E-state index contributed by atoms with van der Waals surface area (Å²) in [6.07, 6.45) is 0.124. The minimum Gasteiger partial charge on any atom is -0.274 e. The summed E-state index contributed by atoms with van der Waals surface area (Å²) in [7, 11) is -3.75. The standard InChI is InChI=1S/C11H20N2O3S/c1-10(2,3)6-9(14)13-17(15,16)8-11(4,5)7-12/h6,8H2,1-5H3,(H,13,14). The largest absolute Gasteiger partial charge is 0.274 e. The van der Waals surface area contributed by atoms with Crippen molar-refractivity contribution in [1.82, 2.24) is 4.72 Å². The van der Waals surface area contributed by atoms with Gasteiger partial charge >= 0.3 is 0 Å². The van der Waals surface area contributed by atoms with Crippen LogP contribution in [0, 0.1) is 22.2 Å². The van der Waals surface area contributed by atoms with Gasteiger partial charge in [0.15, 0.2) is 0 Å². The summed E-state index contributed by atoms with van der Waals surface area (Å²) in [5.74, 6) is -0.918. The van der Waals surface area contributed by atoms with Gasteiger partial charge in [0.25, 0.3) is 0 Å². The summed E-state index contributed by atoms with van der Waals surface area (Å²) in [5.41, 5.74) is -1.28. The second-order valence-corrected chi connectivity index (χ2v) is 7.74. The Morgan fingerprint density at radius 1 is 1.24 bits per heavy atom. The van der Waals surface area contributed by atoms with Crippen molar-refractivity contribution in [3.8, 4) is 6.07 Å². The van der Waals surface area contributed by atoms with Crippen LogP contribution in [-0.4, -0.2) is 20.1 Å². The average molecular weight is 260 g/mol. The summed E-state index contributed by atoms with van der Waals surface area (Å²) < 4.78 is 25.2. The van der Waals surface area contributed by atoms with Gasteiger partial charge in [0, 0.05) is 6.42 Å². The third kappa shape index (κ3) is 7.75. The molecule has 0 unspecified atom stereocenters. The van der Waals surface area contributed by atoms with Gasteiger partial charge in [-0.25, -0.2) is 8.42 Å². The Hall–Kier alpha value is -1.09. The van der Waals surface area contributed by atoms with Gasteiger partial charge in [-0.3, -0.25) is 9.52 Å². The molecule has 17 heavy (non-hydrogen) atoms. The average Bonchev–Trinajstić information content (AvgIpc) is 1.96. The molecule has 0 saturated carbocycles. The zero-order valence-corrected chi connectivity index (χ0v) is 11.8. The number of carbonyl (C=O) groups excluding carboxylic acids is 1. The quantitative estimate of drug-likeness (QED) is 0.828. The SMILES string of the molecule is CC(C)(C)CC(=O)NS(=O)(=O)CC(C)(C)C#N. The third-order valence-corrected chi connectivity index (χ3v) is 3.45. The number of carbonyl (C=O) groups is 1. The fourth-order valence-corrected chi connectivity index (χ4v) is 2.74. The van der Waals surface area contributed by atoms with E-state index in [1.807, 2.05) is 31.6 Å². The van der Waals surface area contributed by atoms with E-state index >= 15 is 0 Å². The Bertz CT molecular complexity index is 425. The van der Waals surface area contributed by atoms with Gasteiger partial charge in [0.05, 0.1) is 17.2 Å². The predicted molar refractivity (Wildman–Crippen MR) is 65.4 cm³/mol. The lowest BCUT2D eigenvalue weighted by atomic mass is 9.92. The van der Waals surface area contributed by atoms with E-state index in [1.165, 1.54) is 13.8 Å². The van der Waals surface area contributed by atoms with Crippen molar-refractivity contribution < 1.29 is 13.2 Å². The van der Waals surface area contributed by atoms with Crippen LogP contribution in [0.2, 0.25) is 0 Å². The molecule has 0 aliphatic rings. The van der Waals surface area contributed by atoms with Crippen molar-refractivity contribution in [2.45, 2.75) is 41.0 Å². The second kappa shape index (κ2) is 5.05. The van der Waals surface area contributed by atoms with Gasteiger partial charge < -0.3 is 0 Å². The van der Waals surface area contributed by atoms with E-state index < -0.39 is 21.3 Å². The van der Waals surface area contributed by atoms with Gasteiger partial charge in [-0.2, -0.15) is 5.26 Å². The van der Waals surface area contributed by atoms with Crippen molar-refractivity contribution in [2.24, 2.45) is 10.8 Å². The molecule has 0 bridgehead atoms. The monoisotopic (exact) mass is 260 g/mol. The van der Waals surface area contributed by atoms with Crippen molar-refractivity contribution in [3.63, 3.8) is 0 Å². The van der Waals surface area contributed by atoms with Gasteiger partial charge in [0.2, 0.25) is 15.9 Å². The zero-order chi connectivity index (χ0) is 13.9. The molecule has 0 fully saturated rings. The van der Waals surface area contributed by atoms with Crippen molar-refractivity contribution in [3.05, 3.63) is 0 Å². The van der Waals surface area contributed by atoms with Gasteiger partial charge in [-0.15, -0.1) is 0 Å². The molecule has 0 aliphatic heterocycles. The molecule has 1 N–H and O–H groups in total. The Labute approximate surface area is 103 Å². The molecule has 6 heteroatoms. The molecule has 0 rings (SSSR count). The summed E-state index contributed by atoms with van der Waals surface area (Å²) in [6, 6.07) is 1.89. The Morgan fingerprint density at radius 2 is 1.71 bits per heavy atom. The summed E-state index contributed by atoms with van der Waals surface area (Å²) >= 11 is 0. The van der Waals surface area contributed by atoms with Crippen LogP contribution in [0.25, 0.3) is 0 Å². The highest BCUT2D eigenvalue weighted by atomic mass is 32.2. The first-order chi connectivity index (χ1) is 7.37. The van der Waals surface area contributed by atoms with Crippen LogP contribution in [0.3, 0.4) is 0 Å². The molecule has 1 amide bonds. The molecule has 0 aromatic rings. The fourth-order valence-electron chi connectivity index (χ4n) is 1.23. The van der Waals surface area contributed by atoms with E-state index in [9.17, 15) is 13.2 Å². The van der Waals surface area contributed by atoms with Crippen LogP contribution in [0.15, 0.2) is 0 Å². The Morgan fingerprint density at radius 3 is 2.06 bits per heavy atom. The van der Waals surface area contributed by atoms with E-state index in [0.717, 1.165) is 0 Å². The van der Waals surface area contributed by atoms with Crippen molar-refractivity contribution >= 4 is 15.9 Å². The topological polar surface area (TPSA) is 87.0 Å². The number of nitrogens with zero attached hydrogens (tertiary/aromatic N) is 1. The molecule has 0 saturated heterocycles. The maximum atomic E-state index is 11.6. The summed E-state index contributed by atoms with van der Waals surface area (Å²) in [4.78, 5) is 11.5. The highest BCUT2D eigenvalue weighted by Crippen LogP contribution is 2.19. The highest BCUT2D eigenvalue weighted by molar-refractivity contribution is 7.90. The number of nitriles is 1. The van der Waals surface area contributed by atoms with Gasteiger partial charge in [-0.05, 0) is 19.3 Å². The molecule has 0 aliphatic carbocycles. The van der Waals surface area contributed by atoms with Crippen LogP contribution in [0.4, 0.5) is 0 Å². The van der Waals surface area contributed by atoms with E-state index in [4.69, 9.17) is 5.26 Å². The molecule has 0 aromatic heterocycles. The first-order valence-corrected chi connectivity index (χ1v) is 6.97. The van der Waals surface area contributed by atoms with E-state index in [2.05, 4.69) is 0 Å². The molecule has 0 radical (unpaired) electrons. The molecule has 5 nitrogen and oxygen atoms in total. The number of nitrogens with one attached hydrogen (secondary N) is 1. The normalized spacial score (nSPS) is 12.9. The minimum absolute atomic E-state index is 0.124. The fraction of sp³-hybridized carbons (Fsp3) is 0.818. The lowest BCUT2D eigenvalue weighted by Crippen LogP contribution is -2.38. The van der Waals surface area contributed by atoms with Crippen LogP contribution < -0.4 is 4.72 Å². The molecule has 0 aromatic carbocycles. The van der Waals surface area contributed by atoms with Crippen LogP contribution in [0.5, 0.6) is 0 Å². The van der Waals surface area contributed by atoms with E-state index in [0.29, 0.717) is 0 Å². The molecule has 98 valence electrons. The van der Waals surface area contributed by atoms with E-state index in [-0.39, 0.29) is 17.6 Å². The Balaban J connectivity index is 4.60. The summed E-state index contributed by atoms with van der Waals surface area (Å²) in [6.45, 7) is 8.57. The number of hydrogen-bond donors (Lipinski definition) is 1. The number of hydrogen-bond acceptors (Lipinski definition) is 4. The number of rotatable bonds is 4. The maximum Gasteiger partial charge on any atom is 0.236 e. The van der Waals surface area contributed by atoms with Gasteiger partial charge in [0.1, 0.15) is 0 Å². The van der Waals surface area contributed by atoms with E-state index in [1.54, 1.807) is 0 Å².